The first kappa shape index (κ1) is 11.4. The SMILES string of the molecule is CCNCc1cccnc1N(CC)C1CC1. The van der Waals surface area contributed by atoms with Crippen LogP contribution in [0.15, 0.2) is 18.3 Å². The van der Waals surface area contributed by atoms with Gasteiger partial charge >= 0.3 is 0 Å². The second kappa shape index (κ2) is 5.30. The van der Waals surface area contributed by atoms with Crippen molar-refractivity contribution in [2.75, 3.05) is 18.0 Å². The highest BCUT2D eigenvalue weighted by Crippen LogP contribution is 2.31. The lowest BCUT2D eigenvalue weighted by atomic mass is 10.2. The summed E-state index contributed by atoms with van der Waals surface area (Å²) in [7, 11) is 0. The Kier molecular flexibility index (Phi) is 3.78. The Bertz CT molecular complexity index is 334. The summed E-state index contributed by atoms with van der Waals surface area (Å²) in [4.78, 5) is 6.99. The van der Waals surface area contributed by atoms with E-state index in [1.165, 1.54) is 24.2 Å². The Morgan fingerprint density at radius 2 is 2.25 bits per heavy atom. The van der Waals surface area contributed by atoms with Crippen LogP contribution < -0.4 is 10.2 Å². The van der Waals surface area contributed by atoms with Crippen molar-refractivity contribution in [3.8, 4) is 0 Å². The van der Waals surface area contributed by atoms with Gasteiger partial charge < -0.3 is 10.2 Å². The predicted molar refractivity (Wildman–Crippen MR) is 67.7 cm³/mol. The summed E-state index contributed by atoms with van der Waals surface area (Å²) < 4.78 is 0. The van der Waals surface area contributed by atoms with Crippen LogP contribution >= 0.6 is 0 Å². The standard InChI is InChI=1S/C13H21N3/c1-3-14-10-11-6-5-9-15-13(11)16(4-2)12-7-8-12/h5-6,9,12,14H,3-4,7-8,10H2,1-2H3. The molecule has 3 nitrogen and oxygen atoms in total. The van der Waals surface area contributed by atoms with Crippen LogP contribution in [0.1, 0.15) is 32.3 Å². The summed E-state index contributed by atoms with van der Waals surface area (Å²) in [5.41, 5.74) is 1.32. The van der Waals surface area contributed by atoms with E-state index in [1.807, 2.05) is 12.3 Å². The molecule has 1 aliphatic rings. The second-order valence-corrected chi connectivity index (χ2v) is 4.28. The zero-order valence-electron chi connectivity index (χ0n) is 10.2. The molecule has 0 bridgehead atoms. The lowest BCUT2D eigenvalue weighted by Crippen LogP contribution is -2.28. The largest absolute Gasteiger partial charge is 0.354 e. The number of rotatable bonds is 6. The molecule has 0 saturated heterocycles. The van der Waals surface area contributed by atoms with Gasteiger partial charge in [-0.05, 0) is 32.4 Å². The molecule has 0 radical (unpaired) electrons. The third-order valence-corrected chi connectivity index (χ3v) is 3.03. The minimum Gasteiger partial charge on any atom is -0.354 e. The molecule has 1 aliphatic carbocycles. The zero-order valence-corrected chi connectivity index (χ0v) is 10.2. The molecule has 88 valence electrons. The van der Waals surface area contributed by atoms with Gasteiger partial charge in [0.1, 0.15) is 5.82 Å². The smallest absolute Gasteiger partial charge is 0.133 e. The number of aromatic nitrogens is 1. The van der Waals surface area contributed by atoms with Crippen molar-refractivity contribution < 1.29 is 0 Å². The molecule has 2 rings (SSSR count). The Morgan fingerprint density at radius 3 is 2.88 bits per heavy atom. The lowest BCUT2D eigenvalue weighted by Gasteiger charge is -2.24. The van der Waals surface area contributed by atoms with Crippen molar-refractivity contribution >= 4 is 5.82 Å². The van der Waals surface area contributed by atoms with Crippen LogP contribution in [0.2, 0.25) is 0 Å². The van der Waals surface area contributed by atoms with Crippen molar-refractivity contribution in [2.45, 2.75) is 39.3 Å². The Labute approximate surface area is 97.9 Å². The second-order valence-electron chi connectivity index (χ2n) is 4.28. The average molecular weight is 219 g/mol. The van der Waals surface area contributed by atoms with E-state index in [0.717, 1.165) is 25.7 Å². The molecule has 1 heterocycles. The molecule has 1 N–H and O–H groups in total. The van der Waals surface area contributed by atoms with Gasteiger partial charge in [-0.25, -0.2) is 4.98 Å². The summed E-state index contributed by atoms with van der Waals surface area (Å²) in [5.74, 6) is 1.17. The van der Waals surface area contributed by atoms with E-state index >= 15 is 0 Å². The van der Waals surface area contributed by atoms with Crippen LogP contribution in [-0.4, -0.2) is 24.1 Å². The van der Waals surface area contributed by atoms with Crippen molar-refractivity contribution in [1.82, 2.24) is 10.3 Å². The number of nitrogens with zero attached hydrogens (tertiary/aromatic N) is 2. The third kappa shape index (κ3) is 2.53. The van der Waals surface area contributed by atoms with E-state index in [0.29, 0.717) is 0 Å². The van der Waals surface area contributed by atoms with Gasteiger partial charge in [0.05, 0.1) is 0 Å². The molecule has 3 heteroatoms. The minimum absolute atomic E-state index is 0.736. The third-order valence-electron chi connectivity index (χ3n) is 3.03. The normalized spacial score (nSPS) is 15.1. The first-order valence-corrected chi connectivity index (χ1v) is 6.28. The van der Waals surface area contributed by atoms with E-state index in [1.54, 1.807) is 0 Å². The van der Waals surface area contributed by atoms with Crippen molar-refractivity contribution in [3.63, 3.8) is 0 Å². The highest BCUT2D eigenvalue weighted by atomic mass is 15.2. The van der Waals surface area contributed by atoms with Crippen LogP contribution in [0.25, 0.3) is 0 Å². The highest BCUT2D eigenvalue weighted by Gasteiger charge is 2.29. The molecule has 0 atom stereocenters. The van der Waals surface area contributed by atoms with Crippen molar-refractivity contribution in [3.05, 3.63) is 23.9 Å². The Balaban J connectivity index is 2.16. The molecule has 1 aromatic rings. The predicted octanol–water partition coefficient (Wildman–Crippen LogP) is 2.18. The summed E-state index contributed by atoms with van der Waals surface area (Å²) in [5, 5.41) is 3.38. The van der Waals surface area contributed by atoms with Crippen LogP contribution in [0, 0.1) is 0 Å². The maximum absolute atomic E-state index is 4.55. The summed E-state index contributed by atoms with van der Waals surface area (Å²) >= 11 is 0. The molecule has 1 saturated carbocycles. The fourth-order valence-corrected chi connectivity index (χ4v) is 2.05. The summed E-state index contributed by atoms with van der Waals surface area (Å²) in [6, 6.07) is 4.94. The van der Waals surface area contributed by atoms with E-state index in [4.69, 9.17) is 0 Å². The minimum atomic E-state index is 0.736. The average Bonchev–Trinajstić information content (AvgIpc) is 3.13. The number of anilines is 1. The molecule has 0 amide bonds. The van der Waals surface area contributed by atoms with Gasteiger partial charge in [-0.1, -0.05) is 13.0 Å². The zero-order chi connectivity index (χ0) is 11.4. The number of hydrogen-bond acceptors (Lipinski definition) is 3. The molecular weight excluding hydrogens is 198 g/mol. The van der Waals surface area contributed by atoms with Gasteiger partial charge in [0.2, 0.25) is 0 Å². The Morgan fingerprint density at radius 1 is 1.44 bits per heavy atom. The Hall–Kier alpha value is -1.09. The number of nitrogens with one attached hydrogen (secondary N) is 1. The van der Waals surface area contributed by atoms with Gasteiger partial charge in [-0.15, -0.1) is 0 Å². The van der Waals surface area contributed by atoms with Crippen LogP contribution in [0.3, 0.4) is 0 Å². The molecule has 0 unspecified atom stereocenters. The molecule has 0 aliphatic heterocycles. The quantitative estimate of drug-likeness (QED) is 0.795. The molecular formula is C13H21N3. The molecule has 1 fully saturated rings. The maximum atomic E-state index is 4.55. The summed E-state index contributed by atoms with van der Waals surface area (Å²) in [6.45, 7) is 7.33. The van der Waals surface area contributed by atoms with Gasteiger partial charge in [-0.2, -0.15) is 0 Å². The lowest BCUT2D eigenvalue weighted by molar-refractivity contribution is 0.712. The molecule has 1 aromatic heterocycles. The number of hydrogen-bond donors (Lipinski definition) is 1. The van der Waals surface area contributed by atoms with Crippen LogP contribution in [0.5, 0.6) is 0 Å². The van der Waals surface area contributed by atoms with Gasteiger partial charge in [0.15, 0.2) is 0 Å². The van der Waals surface area contributed by atoms with E-state index in [2.05, 4.69) is 35.1 Å². The monoisotopic (exact) mass is 219 g/mol. The molecule has 0 aromatic carbocycles. The van der Waals surface area contributed by atoms with Gasteiger partial charge in [0.25, 0.3) is 0 Å². The fourth-order valence-electron chi connectivity index (χ4n) is 2.05. The fraction of sp³-hybridized carbons (Fsp3) is 0.615. The van der Waals surface area contributed by atoms with Gasteiger partial charge in [-0.3, -0.25) is 0 Å². The maximum Gasteiger partial charge on any atom is 0.133 e. The van der Waals surface area contributed by atoms with Crippen molar-refractivity contribution in [2.24, 2.45) is 0 Å². The van der Waals surface area contributed by atoms with Gasteiger partial charge in [0, 0.05) is 30.9 Å². The topological polar surface area (TPSA) is 28.2 Å². The summed E-state index contributed by atoms with van der Waals surface area (Å²) in [6.07, 6.45) is 4.55. The van der Waals surface area contributed by atoms with Crippen LogP contribution in [-0.2, 0) is 6.54 Å². The molecule has 16 heavy (non-hydrogen) atoms. The van der Waals surface area contributed by atoms with E-state index in [-0.39, 0.29) is 0 Å². The highest BCUT2D eigenvalue weighted by molar-refractivity contribution is 5.48. The number of pyridine rings is 1. The van der Waals surface area contributed by atoms with E-state index < -0.39 is 0 Å². The van der Waals surface area contributed by atoms with Crippen molar-refractivity contribution in [1.29, 1.82) is 0 Å². The first-order valence-electron chi connectivity index (χ1n) is 6.28. The van der Waals surface area contributed by atoms with Crippen LogP contribution in [0.4, 0.5) is 5.82 Å². The molecule has 0 spiro atoms. The van der Waals surface area contributed by atoms with E-state index in [9.17, 15) is 0 Å². The first-order chi connectivity index (χ1) is 7.86.